The van der Waals surface area contributed by atoms with Crippen molar-refractivity contribution >= 4 is 0 Å². The molecule has 1 rings (SSSR count). The van der Waals surface area contributed by atoms with Crippen LogP contribution in [0.5, 0.6) is 0 Å². The van der Waals surface area contributed by atoms with E-state index in [1.54, 1.807) is 5.32 Å². The van der Waals surface area contributed by atoms with Gasteiger partial charge in [0.05, 0.1) is 13.0 Å². The Bertz CT molecular complexity index is 141. The van der Waals surface area contributed by atoms with Crippen LogP contribution in [0.15, 0.2) is 0 Å². The van der Waals surface area contributed by atoms with E-state index < -0.39 is 18.4 Å². The lowest BCUT2D eigenvalue weighted by molar-refractivity contribution is -0.739. The van der Waals surface area contributed by atoms with Gasteiger partial charge in [0.25, 0.3) is 0 Å². The van der Waals surface area contributed by atoms with Crippen LogP contribution in [-0.4, -0.2) is 46.3 Å². The molecule has 0 bridgehead atoms. The van der Waals surface area contributed by atoms with Gasteiger partial charge < -0.3 is 51.2 Å². The summed E-state index contributed by atoms with van der Waals surface area (Å²) in [6.07, 6.45) is -1.98. The molecule has 0 saturated carbocycles. The van der Waals surface area contributed by atoms with Crippen molar-refractivity contribution in [3.63, 3.8) is 0 Å². The highest BCUT2D eigenvalue weighted by Crippen LogP contribution is 2.07. The van der Waals surface area contributed by atoms with Crippen molar-refractivity contribution in [2.45, 2.75) is 30.9 Å². The summed E-state index contributed by atoms with van der Waals surface area (Å²) in [5.74, 6) is 0. The third-order valence-corrected chi connectivity index (χ3v) is 2.12. The van der Waals surface area contributed by atoms with E-state index in [1.165, 1.54) is 0 Å². The summed E-state index contributed by atoms with van der Waals surface area (Å²) < 4.78 is 0. The van der Waals surface area contributed by atoms with Crippen LogP contribution in [0.4, 0.5) is 0 Å². The van der Waals surface area contributed by atoms with E-state index in [0.29, 0.717) is 6.54 Å². The first-order valence-corrected chi connectivity index (χ1v) is 3.85. The maximum atomic E-state index is 9.29. The second kappa shape index (κ2) is 6.78. The summed E-state index contributed by atoms with van der Waals surface area (Å²) >= 11 is 0. The van der Waals surface area contributed by atoms with Crippen LogP contribution in [0.3, 0.4) is 0 Å². The zero-order valence-corrected chi connectivity index (χ0v) is 8.62. The Morgan fingerprint density at radius 3 is 1.92 bits per heavy atom. The molecule has 7 heteroatoms. The van der Waals surface area contributed by atoms with Gasteiger partial charge in [0.1, 0.15) is 12.1 Å². The SMILES string of the molecule is [Cl-].[Cl-].[NH3+]CC[C@H]1[NH2+]C(O)[C@H](O)[C@@H]1O. The van der Waals surface area contributed by atoms with Gasteiger partial charge in [-0.25, -0.2) is 0 Å². The van der Waals surface area contributed by atoms with E-state index in [1.807, 2.05) is 0 Å². The second-order valence-corrected chi connectivity index (χ2v) is 2.97. The molecule has 1 unspecified atom stereocenters. The molecule has 1 saturated heterocycles. The minimum absolute atomic E-state index is 0. The van der Waals surface area contributed by atoms with Crippen molar-refractivity contribution < 1.29 is 51.2 Å². The van der Waals surface area contributed by atoms with Gasteiger partial charge in [-0.15, -0.1) is 0 Å². The summed E-state index contributed by atoms with van der Waals surface area (Å²) in [5.41, 5.74) is 3.64. The second-order valence-electron chi connectivity index (χ2n) is 2.97. The van der Waals surface area contributed by atoms with Crippen molar-refractivity contribution in [1.29, 1.82) is 0 Å². The van der Waals surface area contributed by atoms with Crippen molar-refractivity contribution in [3.05, 3.63) is 0 Å². The van der Waals surface area contributed by atoms with Crippen LogP contribution in [0.25, 0.3) is 0 Å². The zero-order chi connectivity index (χ0) is 8.43. The molecule has 1 aliphatic rings. The van der Waals surface area contributed by atoms with Gasteiger partial charge in [-0.3, -0.25) is 0 Å². The Morgan fingerprint density at radius 2 is 1.62 bits per heavy atom. The Kier molecular flexibility index (Phi) is 8.26. The van der Waals surface area contributed by atoms with Gasteiger partial charge in [-0.1, -0.05) is 0 Å². The average Bonchev–Trinajstić information content (AvgIpc) is 2.19. The Balaban J connectivity index is 0. The van der Waals surface area contributed by atoms with Crippen molar-refractivity contribution in [2.24, 2.45) is 0 Å². The largest absolute Gasteiger partial charge is 1.00 e. The molecule has 0 aromatic carbocycles. The van der Waals surface area contributed by atoms with Gasteiger partial charge >= 0.3 is 0 Å². The lowest BCUT2D eigenvalue weighted by Gasteiger charge is -2.08. The lowest BCUT2D eigenvalue weighted by Crippen LogP contribution is -3.00. The normalized spacial score (nSPS) is 37.8. The van der Waals surface area contributed by atoms with Crippen LogP contribution in [0.2, 0.25) is 0 Å². The highest BCUT2D eigenvalue weighted by atomic mass is 35.5. The quantitative estimate of drug-likeness (QED) is 0.328. The Labute approximate surface area is 89.1 Å². The molecule has 1 aliphatic heterocycles. The molecule has 0 radical (unpaired) electrons. The van der Waals surface area contributed by atoms with E-state index in [0.717, 1.165) is 6.42 Å². The number of rotatable bonds is 2. The molecular formula is C6H16Cl2N2O3. The van der Waals surface area contributed by atoms with Gasteiger partial charge in [0.2, 0.25) is 6.23 Å². The highest BCUT2D eigenvalue weighted by Gasteiger charge is 2.44. The van der Waals surface area contributed by atoms with Gasteiger partial charge in [-0.2, -0.15) is 0 Å². The molecule has 0 aromatic heterocycles. The minimum Gasteiger partial charge on any atom is -1.00 e. The van der Waals surface area contributed by atoms with E-state index in [9.17, 15) is 5.11 Å². The first-order valence-electron chi connectivity index (χ1n) is 3.85. The third kappa shape index (κ3) is 3.55. The summed E-state index contributed by atoms with van der Waals surface area (Å²) in [6.45, 7) is 0.706. The topological polar surface area (TPSA) is 105 Å². The summed E-state index contributed by atoms with van der Waals surface area (Å²) in [7, 11) is 0. The molecule has 13 heavy (non-hydrogen) atoms. The summed E-state index contributed by atoms with van der Waals surface area (Å²) in [4.78, 5) is 0. The smallest absolute Gasteiger partial charge is 0.217 e. The van der Waals surface area contributed by atoms with Crippen molar-refractivity contribution in [3.8, 4) is 0 Å². The highest BCUT2D eigenvalue weighted by molar-refractivity contribution is 4.80. The standard InChI is InChI=1S/C6H14N2O3.2ClH/c7-2-1-3-4(9)5(10)6(11)8-3;;/h3-6,8-11H,1-2,7H2;2*1H/t3-,4-,5-,6?;;/m1../s1. The first-order chi connectivity index (χ1) is 5.16. The Morgan fingerprint density at radius 1 is 1.08 bits per heavy atom. The monoisotopic (exact) mass is 234 g/mol. The van der Waals surface area contributed by atoms with Gasteiger partial charge in [-0.05, 0) is 0 Å². The van der Waals surface area contributed by atoms with Crippen LogP contribution >= 0.6 is 0 Å². The number of aliphatic hydroxyl groups excluding tert-OH is 3. The van der Waals surface area contributed by atoms with Crippen LogP contribution in [0, 0.1) is 0 Å². The summed E-state index contributed by atoms with van der Waals surface area (Å²) in [6, 6.07) is -0.0995. The fourth-order valence-corrected chi connectivity index (χ4v) is 1.44. The predicted octanol–water partition coefficient (Wildman–Crippen LogP) is -10.4. The Hall–Kier alpha value is 0.380. The van der Waals surface area contributed by atoms with E-state index in [2.05, 4.69) is 5.73 Å². The number of nitrogens with two attached hydrogens (primary N) is 1. The molecule has 8 N–H and O–H groups in total. The molecule has 82 valence electrons. The zero-order valence-electron chi connectivity index (χ0n) is 7.11. The van der Waals surface area contributed by atoms with E-state index >= 15 is 0 Å². The molecular weight excluding hydrogens is 219 g/mol. The molecule has 4 atom stereocenters. The molecule has 5 nitrogen and oxygen atoms in total. The number of quaternary nitrogens is 2. The van der Waals surface area contributed by atoms with E-state index in [-0.39, 0.29) is 30.9 Å². The molecule has 0 spiro atoms. The number of hydrogen-bond donors (Lipinski definition) is 5. The maximum absolute atomic E-state index is 9.29. The molecule has 0 aliphatic carbocycles. The van der Waals surface area contributed by atoms with Crippen LogP contribution in [-0.2, 0) is 0 Å². The molecule has 1 heterocycles. The maximum Gasteiger partial charge on any atom is 0.217 e. The van der Waals surface area contributed by atoms with Crippen molar-refractivity contribution in [1.82, 2.24) is 0 Å². The average molecular weight is 235 g/mol. The van der Waals surface area contributed by atoms with E-state index in [4.69, 9.17) is 10.2 Å². The predicted molar refractivity (Wildman–Crippen MR) is 36.1 cm³/mol. The third-order valence-electron chi connectivity index (χ3n) is 2.12. The van der Waals surface area contributed by atoms with Gasteiger partial charge in [0.15, 0.2) is 6.10 Å². The number of halogens is 2. The first kappa shape index (κ1) is 15.8. The summed E-state index contributed by atoms with van der Waals surface area (Å²) in [5, 5.41) is 29.1. The fraction of sp³-hybridized carbons (Fsp3) is 1.00. The fourth-order valence-electron chi connectivity index (χ4n) is 1.44. The molecule has 0 aromatic rings. The molecule has 0 amide bonds. The lowest BCUT2D eigenvalue weighted by atomic mass is 10.1. The minimum atomic E-state index is -1.01. The van der Waals surface area contributed by atoms with Crippen LogP contribution in [0.1, 0.15) is 6.42 Å². The molecule has 1 fully saturated rings. The van der Waals surface area contributed by atoms with Crippen LogP contribution < -0.4 is 35.9 Å². The number of hydrogen-bond acceptors (Lipinski definition) is 3. The van der Waals surface area contributed by atoms with Crippen molar-refractivity contribution in [2.75, 3.05) is 6.54 Å². The number of aliphatic hydroxyl groups is 3. The van der Waals surface area contributed by atoms with Gasteiger partial charge in [0, 0.05) is 0 Å².